The van der Waals surface area contributed by atoms with Gasteiger partial charge < -0.3 is 9.30 Å². The number of hydrogen-bond acceptors (Lipinski definition) is 4. The van der Waals surface area contributed by atoms with E-state index in [9.17, 15) is 0 Å². The molecular weight excluding hydrogens is 401 g/mol. The molecule has 1 atom stereocenters. The lowest BCUT2D eigenvalue weighted by atomic mass is 10.1. The standard InChI is InChI=1S/C20H21Cl2N3OS/c1-12-5-7-16(9-13(12)2)26-14(3)19-23-24-20(25(19)4)27-11-15-6-8-17(21)18(22)10-15/h5-10,14H,11H2,1-4H3. The first-order valence-corrected chi connectivity index (χ1v) is 10.3. The number of halogens is 2. The van der Waals surface area contributed by atoms with Gasteiger partial charge in [-0.1, -0.05) is 47.1 Å². The first-order valence-electron chi connectivity index (χ1n) is 8.55. The Labute approximate surface area is 173 Å². The highest BCUT2D eigenvalue weighted by atomic mass is 35.5. The van der Waals surface area contributed by atoms with Crippen LogP contribution in [0.25, 0.3) is 0 Å². The highest BCUT2D eigenvalue weighted by molar-refractivity contribution is 7.98. The second-order valence-electron chi connectivity index (χ2n) is 6.44. The Bertz CT molecular complexity index is 958. The van der Waals surface area contributed by atoms with Gasteiger partial charge in [0.15, 0.2) is 17.1 Å². The van der Waals surface area contributed by atoms with Gasteiger partial charge in [0.25, 0.3) is 0 Å². The van der Waals surface area contributed by atoms with Gasteiger partial charge in [-0.2, -0.15) is 0 Å². The molecule has 0 aliphatic rings. The van der Waals surface area contributed by atoms with Gasteiger partial charge in [0, 0.05) is 12.8 Å². The molecule has 0 fully saturated rings. The van der Waals surface area contributed by atoms with Crippen LogP contribution in [0.4, 0.5) is 0 Å². The molecule has 7 heteroatoms. The van der Waals surface area contributed by atoms with Crippen molar-refractivity contribution in [1.29, 1.82) is 0 Å². The van der Waals surface area contributed by atoms with Crippen molar-refractivity contribution in [2.24, 2.45) is 7.05 Å². The molecular formula is C20H21Cl2N3OS. The van der Waals surface area contributed by atoms with Crippen molar-refractivity contribution >= 4 is 35.0 Å². The molecule has 1 heterocycles. The number of aromatic nitrogens is 3. The first-order chi connectivity index (χ1) is 12.8. The minimum absolute atomic E-state index is 0.205. The van der Waals surface area contributed by atoms with Gasteiger partial charge >= 0.3 is 0 Å². The molecule has 0 radical (unpaired) electrons. The fourth-order valence-corrected chi connectivity index (χ4v) is 3.81. The molecule has 0 saturated heterocycles. The van der Waals surface area contributed by atoms with Crippen LogP contribution in [0.3, 0.4) is 0 Å². The quantitative estimate of drug-likeness (QED) is 0.446. The third kappa shape index (κ3) is 4.78. The van der Waals surface area contributed by atoms with Gasteiger partial charge in [0.05, 0.1) is 10.0 Å². The topological polar surface area (TPSA) is 39.9 Å². The summed E-state index contributed by atoms with van der Waals surface area (Å²) in [5, 5.41) is 10.6. The van der Waals surface area contributed by atoms with Crippen LogP contribution in [0.15, 0.2) is 41.6 Å². The number of rotatable bonds is 6. The van der Waals surface area contributed by atoms with E-state index in [0.29, 0.717) is 10.0 Å². The van der Waals surface area contributed by atoms with Crippen LogP contribution >= 0.6 is 35.0 Å². The summed E-state index contributed by atoms with van der Waals surface area (Å²) in [6.45, 7) is 6.14. The van der Waals surface area contributed by atoms with Gasteiger partial charge in [0.2, 0.25) is 0 Å². The molecule has 3 rings (SSSR count). The van der Waals surface area contributed by atoms with Crippen LogP contribution in [0.2, 0.25) is 10.0 Å². The maximum Gasteiger partial charge on any atom is 0.191 e. The molecule has 1 aromatic heterocycles. The van der Waals surface area contributed by atoms with Crippen molar-refractivity contribution in [3.05, 3.63) is 69.0 Å². The van der Waals surface area contributed by atoms with E-state index < -0.39 is 0 Å². The summed E-state index contributed by atoms with van der Waals surface area (Å²) in [5.74, 6) is 2.35. The average molecular weight is 422 g/mol. The SMILES string of the molecule is Cc1ccc(OC(C)c2nnc(SCc3ccc(Cl)c(Cl)c3)n2C)cc1C. The summed E-state index contributed by atoms with van der Waals surface area (Å²) in [4.78, 5) is 0. The zero-order chi connectivity index (χ0) is 19.6. The Hall–Kier alpha value is -1.69. The molecule has 3 aromatic rings. The largest absolute Gasteiger partial charge is 0.483 e. The zero-order valence-corrected chi connectivity index (χ0v) is 18.0. The van der Waals surface area contributed by atoms with E-state index in [1.54, 1.807) is 17.8 Å². The predicted molar refractivity (Wildman–Crippen MR) is 112 cm³/mol. The highest BCUT2D eigenvalue weighted by Crippen LogP contribution is 2.29. The predicted octanol–water partition coefficient (Wildman–Crippen LogP) is 6.17. The Morgan fingerprint density at radius 3 is 2.52 bits per heavy atom. The van der Waals surface area contributed by atoms with Gasteiger partial charge in [-0.25, -0.2) is 0 Å². The van der Waals surface area contributed by atoms with Crippen molar-refractivity contribution in [2.75, 3.05) is 0 Å². The van der Waals surface area contributed by atoms with Crippen LogP contribution in [0, 0.1) is 13.8 Å². The van der Waals surface area contributed by atoms with E-state index in [1.807, 2.05) is 42.8 Å². The molecule has 1 unspecified atom stereocenters. The first kappa shape index (κ1) is 20.1. The number of thioether (sulfide) groups is 1. The van der Waals surface area contributed by atoms with Gasteiger partial charge in [0.1, 0.15) is 5.75 Å². The molecule has 0 saturated carbocycles. The van der Waals surface area contributed by atoms with E-state index in [0.717, 1.165) is 28.0 Å². The number of benzene rings is 2. The maximum absolute atomic E-state index is 6.08. The normalized spacial score (nSPS) is 12.2. The monoisotopic (exact) mass is 421 g/mol. The smallest absolute Gasteiger partial charge is 0.191 e. The van der Waals surface area contributed by atoms with Crippen molar-refractivity contribution in [2.45, 2.75) is 37.8 Å². The lowest BCUT2D eigenvalue weighted by Crippen LogP contribution is -2.10. The zero-order valence-electron chi connectivity index (χ0n) is 15.7. The van der Waals surface area contributed by atoms with Crippen LogP contribution in [-0.4, -0.2) is 14.8 Å². The molecule has 2 aromatic carbocycles. The lowest BCUT2D eigenvalue weighted by Gasteiger charge is -2.15. The Morgan fingerprint density at radius 2 is 1.81 bits per heavy atom. The summed E-state index contributed by atoms with van der Waals surface area (Å²) < 4.78 is 8.02. The van der Waals surface area contributed by atoms with Crippen molar-refractivity contribution in [1.82, 2.24) is 14.8 Å². The molecule has 0 bridgehead atoms. The minimum atomic E-state index is -0.205. The number of aryl methyl sites for hydroxylation is 2. The average Bonchev–Trinajstić information content (AvgIpc) is 3.00. The van der Waals surface area contributed by atoms with E-state index in [-0.39, 0.29) is 6.10 Å². The van der Waals surface area contributed by atoms with E-state index >= 15 is 0 Å². The molecule has 0 spiro atoms. The Balaban J connectivity index is 1.68. The molecule has 142 valence electrons. The van der Waals surface area contributed by atoms with Crippen molar-refractivity contribution in [3.8, 4) is 5.75 Å². The van der Waals surface area contributed by atoms with Crippen LogP contribution < -0.4 is 4.74 Å². The second kappa shape index (κ2) is 8.55. The number of nitrogens with zero attached hydrogens (tertiary/aromatic N) is 3. The third-order valence-corrected chi connectivity index (χ3v) is 6.21. The second-order valence-corrected chi connectivity index (χ2v) is 8.20. The van der Waals surface area contributed by atoms with Crippen molar-refractivity contribution in [3.63, 3.8) is 0 Å². The molecule has 4 nitrogen and oxygen atoms in total. The summed E-state index contributed by atoms with van der Waals surface area (Å²) in [6.07, 6.45) is -0.205. The van der Waals surface area contributed by atoms with Crippen molar-refractivity contribution < 1.29 is 4.74 Å². The van der Waals surface area contributed by atoms with Gasteiger partial charge in [-0.15, -0.1) is 10.2 Å². The summed E-state index contributed by atoms with van der Waals surface area (Å²) in [6, 6.07) is 11.7. The number of ether oxygens (including phenoxy) is 1. The van der Waals surface area contributed by atoms with Crippen LogP contribution in [-0.2, 0) is 12.8 Å². The van der Waals surface area contributed by atoms with E-state index in [2.05, 4.69) is 30.1 Å². The molecule has 0 aliphatic heterocycles. The number of hydrogen-bond donors (Lipinski definition) is 0. The van der Waals surface area contributed by atoms with E-state index in [1.165, 1.54) is 11.1 Å². The van der Waals surface area contributed by atoms with E-state index in [4.69, 9.17) is 27.9 Å². The molecule has 0 N–H and O–H groups in total. The van der Waals surface area contributed by atoms with Crippen LogP contribution in [0.1, 0.15) is 35.5 Å². The molecule has 0 amide bonds. The highest BCUT2D eigenvalue weighted by Gasteiger charge is 2.17. The Kier molecular flexibility index (Phi) is 6.35. The minimum Gasteiger partial charge on any atom is -0.483 e. The summed E-state index contributed by atoms with van der Waals surface area (Å²) >= 11 is 13.6. The van der Waals surface area contributed by atoms with Gasteiger partial charge in [-0.05, 0) is 61.7 Å². The Morgan fingerprint density at radius 1 is 1.04 bits per heavy atom. The van der Waals surface area contributed by atoms with Gasteiger partial charge in [-0.3, -0.25) is 0 Å². The fourth-order valence-electron chi connectivity index (χ4n) is 2.63. The maximum atomic E-state index is 6.08. The fraction of sp³-hybridized carbons (Fsp3) is 0.300. The lowest BCUT2D eigenvalue weighted by molar-refractivity contribution is 0.211. The molecule has 27 heavy (non-hydrogen) atoms. The van der Waals surface area contributed by atoms with Crippen LogP contribution in [0.5, 0.6) is 5.75 Å². The third-order valence-electron chi connectivity index (χ3n) is 4.38. The molecule has 0 aliphatic carbocycles. The summed E-state index contributed by atoms with van der Waals surface area (Å²) in [7, 11) is 1.95. The summed E-state index contributed by atoms with van der Waals surface area (Å²) in [5.41, 5.74) is 3.53.